The van der Waals surface area contributed by atoms with Crippen LogP contribution in [0.15, 0.2) is 36.4 Å². The number of benzene rings is 2. The van der Waals surface area contributed by atoms with Crippen molar-refractivity contribution in [3.8, 4) is 17.2 Å². The summed E-state index contributed by atoms with van der Waals surface area (Å²) in [5, 5.41) is 17.7. The molecule has 0 bridgehead atoms. The summed E-state index contributed by atoms with van der Waals surface area (Å²) in [6.07, 6.45) is -1.97. The average molecular weight is 529 g/mol. The van der Waals surface area contributed by atoms with Crippen molar-refractivity contribution in [2.24, 2.45) is 0 Å². The molecule has 0 spiro atoms. The molecule has 38 heavy (non-hydrogen) atoms. The lowest BCUT2D eigenvalue weighted by atomic mass is 9.95. The number of anilines is 1. The molecule has 2 aromatic carbocycles. The second-order valence-corrected chi connectivity index (χ2v) is 8.95. The number of rotatable bonds is 7. The van der Waals surface area contributed by atoms with Gasteiger partial charge in [0.05, 0.1) is 27.9 Å². The highest BCUT2D eigenvalue weighted by Crippen LogP contribution is 2.36. The summed E-state index contributed by atoms with van der Waals surface area (Å²) in [4.78, 5) is 21.5. The van der Waals surface area contributed by atoms with Crippen LogP contribution in [0.1, 0.15) is 23.7 Å². The molecule has 1 aliphatic rings. The number of hydrogen-bond donors (Lipinski definition) is 2. The van der Waals surface area contributed by atoms with Gasteiger partial charge in [-0.15, -0.1) is 5.10 Å². The van der Waals surface area contributed by atoms with Crippen LogP contribution in [-0.2, 0) is 6.54 Å². The fourth-order valence-corrected chi connectivity index (χ4v) is 4.66. The Morgan fingerprint density at radius 1 is 1.13 bits per heavy atom. The summed E-state index contributed by atoms with van der Waals surface area (Å²) in [6, 6.07) is 10.7. The molecule has 1 amide bonds. The SMILES string of the molecule is COc1ccc(CNc2nc3c(OC)cccc3c3nc([C@H]4CN(C(=O)O)CC(F)(F)C4)nn23)c(OC)c1. The van der Waals surface area contributed by atoms with Crippen LogP contribution >= 0.6 is 0 Å². The van der Waals surface area contributed by atoms with Gasteiger partial charge in [0.25, 0.3) is 5.92 Å². The highest BCUT2D eigenvalue weighted by Gasteiger charge is 2.44. The zero-order valence-corrected chi connectivity index (χ0v) is 20.9. The Bertz CT molecular complexity index is 1510. The van der Waals surface area contributed by atoms with Crippen molar-refractivity contribution >= 4 is 28.6 Å². The summed E-state index contributed by atoms with van der Waals surface area (Å²) in [6.45, 7) is -0.702. The lowest BCUT2D eigenvalue weighted by Gasteiger charge is -2.34. The van der Waals surface area contributed by atoms with Crippen molar-refractivity contribution < 1.29 is 32.9 Å². The third kappa shape index (κ3) is 4.66. The van der Waals surface area contributed by atoms with E-state index < -0.39 is 30.9 Å². The van der Waals surface area contributed by atoms with Crippen molar-refractivity contribution in [2.75, 3.05) is 39.7 Å². The van der Waals surface area contributed by atoms with Crippen molar-refractivity contribution in [3.05, 3.63) is 47.8 Å². The number of ether oxygens (including phenoxy) is 3. The second-order valence-electron chi connectivity index (χ2n) is 8.95. The molecule has 0 radical (unpaired) electrons. The van der Waals surface area contributed by atoms with E-state index in [1.165, 1.54) is 11.6 Å². The number of methoxy groups -OCH3 is 3. The summed E-state index contributed by atoms with van der Waals surface area (Å²) in [7, 11) is 4.64. The van der Waals surface area contributed by atoms with Gasteiger partial charge in [-0.1, -0.05) is 6.07 Å². The van der Waals surface area contributed by atoms with Crippen LogP contribution in [0.5, 0.6) is 17.2 Å². The quantitative estimate of drug-likeness (QED) is 0.366. The Labute approximate surface area is 215 Å². The van der Waals surface area contributed by atoms with Crippen molar-refractivity contribution in [3.63, 3.8) is 0 Å². The Morgan fingerprint density at radius 3 is 2.63 bits per heavy atom. The van der Waals surface area contributed by atoms with Crippen LogP contribution in [0.2, 0.25) is 0 Å². The molecule has 5 rings (SSSR count). The molecule has 200 valence electrons. The van der Waals surface area contributed by atoms with Gasteiger partial charge < -0.3 is 29.5 Å². The van der Waals surface area contributed by atoms with Gasteiger partial charge in [0.2, 0.25) is 5.95 Å². The first-order valence-corrected chi connectivity index (χ1v) is 11.8. The zero-order chi connectivity index (χ0) is 27.0. The van der Waals surface area contributed by atoms with Gasteiger partial charge in [-0.2, -0.15) is 4.52 Å². The van der Waals surface area contributed by atoms with Crippen LogP contribution in [0.4, 0.5) is 19.5 Å². The number of piperidine rings is 1. The molecule has 0 saturated carbocycles. The Morgan fingerprint density at radius 2 is 1.92 bits per heavy atom. The van der Waals surface area contributed by atoms with Gasteiger partial charge in [-0.25, -0.2) is 23.5 Å². The number of aromatic nitrogens is 4. The van der Waals surface area contributed by atoms with Gasteiger partial charge in [0, 0.05) is 42.4 Å². The van der Waals surface area contributed by atoms with Gasteiger partial charge >= 0.3 is 6.09 Å². The van der Waals surface area contributed by atoms with Crippen LogP contribution in [0.3, 0.4) is 0 Å². The minimum Gasteiger partial charge on any atom is -0.497 e. The predicted molar refractivity (Wildman–Crippen MR) is 134 cm³/mol. The van der Waals surface area contributed by atoms with Crippen LogP contribution in [-0.4, -0.2) is 76.0 Å². The topological polar surface area (TPSA) is 123 Å². The van der Waals surface area contributed by atoms with E-state index in [0.29, 0.717) is 51.2 Å². The van der Waals surface area contributed by atoms with Gasteiger partial charge in [0.1, 0.15) is 22.8 Å². The van der Waals surface area contributed by atoms with E-state index in [4.69, 9.17) is 19.2 Å². The molecule has 3 heterocycles. The first kappa shape index (κ1) is 25.2. The molecule has 1 saturated heterocycles. The molecule has 2 N–H and O–H groups in total. The Kier molecular flexibility index (Phi) is 6.51. The molecule has 2 aromatic heterocycles. The van der Waals surface area contributed by atoms with Crippen molar-refractivity contribution in [1.29, 1.82) is 0 Å². The third-order valence-electron chi connectivity index (χ3n) is 6.48. The van der Waals surface area contributed by atoms with Crippen LogP contribution in [0.25, 0.3) is 16.6 Å². The predicted octanol–water partition coefficient (Wildman–Crippen LogP) is 4.02. The number of nitrogens with one attached hydrogen (secondary N) is 1. The molecule has 1 atom stereocenters. The van der Waals surface area contributed by atoms with Crippen LogP contribution < -0.4 is 19.5 Å². The maximum atomic E-state index is 14.4. The summed E-state index contributed by atoms with van der Waals surface area (Å²) in [5.74, 6) is -1.95. The molecule has 0 unspecified atom stereocenters. The maximum Gasteiger partial charge on any atom is 0.407 e. The van der Waals surface area contributed by atoms with Crippen molar-refractivity contribution in [1.82, 2.24) is 24.5 Å². The molecule has 11 nitrogen and oxygen atoms in total. The zero-order valence-electron chi connectivity index (χ0n) is 20.9. The van der Waals surface area contributed by atoms with E-state index in [-0.39, 0.29) is 12.4 Å². The molecule has 13 heteroatoms. The number of hydrogen-bond acceptors (Lipinski definition) is 8. The lowest BCUT2D eigenvalue weighted by Crippen LogP contribution is -2.48. The number of carboxylic acid groups (broad SMARTS) is 1. The average Bonchev–Trinajstić information content (AvgIpc) is 3.36. The lowest BCUT2D eigenvalue weighted by molar-refractivity contribution is -0.0659. The Hall–Kier alpha value is -4.42. The fourth-order valence-electron chi connectivity index (χ4n) is 4.66. The number of nitrogens with zero attached hydrogens (tertiary/aromatic N) is 5. The van der Waals surface area contributed by atoms with E-state index in [0.717, 1.165) is 5.56 Å². The number of likely N-dealkylation sites (tertiary alicyclic amines) is 1. The van der Waals surface area contributed by atoms with E-state index in [1.807, 2.05) is 6.07 Å². The fraction of sp³-hybridized carbons (Fsp3) is 0.360. The number of para-hydroxylation sites is 1. The van der Waals surface area contributed by atoms with E-state index >= 15 is 0 Å². The standard InChI is InChI=1S/C25H26F2N6O5/c1-36-16-8-7-14(19(9-16)38-3)11-28-23-29-20-17(5-4-6-18(20)37-2)22-30-21(31-33(22)23)15-10-25(26,27)13-32(12-15)24(34)35/h4-9,15H,10-13H2,1-3H3,(H,28,29)(H,34,35)/t15-/m1/s1. The largest absolute Gasteiger partial charge is 0.497 e. The first-order chi connectivity index (χ1) is 18.2. The number of fused-ring (bicyclic) bond motifs is 3. The normalized spacial score (nSPS) is 17.0. The summed E-state index contributed by atoms with van der Waals surface area (Å²) < 4.78 is 46.6. The van der Waals surface area contributed by atoms with E-state index in [1.54, 1.807) is 44.6 Å². The van der Waals surface area contributed by atoms with Gasteiger partial charge in [-0.3, -0.25) is 0 Å². The Balaban J connectivity index is 1.59. The minimum absolute atomic E-state index is 0.109. The van der Waals surface area contributed by atoms with Crippen molar-refractivity contribution in [2.45, 2.75) is 24.8 Å². The summed E-state index contributed by atoms with van der Waals surface area (Å²) in [5.41, 5.74) is 1.70. The number of halogens is 2. The van der Waals surface area contributed by atoms with Gasteiger partial charge in [-0.05, 0) is 24.3 Å². The summed E-state index contributed by atoms with van der Waals surface area (Å²) >= 11 is 0. The monoisotopic (exact) mass is 528 g/mol. The first-order valence-electron chi connectivity index (χ1n) is 11.8. The molecular weight excluding hydrogens is 502 g/mol. The van der Waals surface area contributed by atoms with E-state index in [2.05, 4.69) is 15.4 Å². The minimum atomic E-state index is -3.20. The number of alkyl halides is 2. The highest BCUT2D eigenvalue weighted by atomic mass is 19.3. The highest BCUT2D eigenvalue weighted by molar-refractivity contribution is 5.96. The molecule has 0 aliphatic carbocycles. The van der Waals surface area contributed by atoms with E-state index in [9.17, 15) is 18.7 Å². The van der Waals surface area contributed by atoms with Crippen LogP contribution in [0, 0.1) is 0 Å². The molecule has 1 aliphatic heterocycles. The van der Waals surface area contributed by atoms with Gasteiger partial charge in [0.15, 0.2) is 11.5 Å². The molecular formula is C25H26F2N6O5. The second kappa shape index (κ2) is 9.80. The smallest absolute Gasteiger partial charge is 0.407 e. The number of amides is 1. The number of carbonyl (C=O) groups is 1. The molecule has 1 fully saturated rings. The molecule has 4 aromatic rings. The maximum absolute atomic E-state index is 14.4. The third-order valence-corrected chi connectivity index (χ3v) is 6.48.